The predicted molar refractivity (Wildman–Crippen MR) is 103 cm³/mol. The number of amides is 1. The van der Waals surface area contributed by atoms with Gasteiger partial charge in [-0.2, -0.15) is 5.26 Å². The molecular weight excluding hydrogens is 324 g/mol. The topological polar surface area (TPSA) is 53.3 Å². The maximum Gasteiger partial charge on any atom is 0.415 e. The first-order chi connectivity index (χ1) is 12.3. The zero-order valence-electron chi connectivity index (χ0n) is 15.3. The summed E-state index contributed by atoms with van der Waals surface area (Å²) in [6.45, 7) is 9.76. The highest BCUT2D eigenvalue weighted by molar-refractivity contribution is 6.04. The number of fused-ring (bicyclic) bond motifs is 1. The Balaban J connectivity index is 2.25. The molecule has 1 atom stereocenters. The van der Waals surface area contributed by atoms with Gasteiger partial charge in [0, 0.05) is 5.56 Å². The van der Waals surface area contributed by atoms with Gasteiger partial charge in [0.1, 0.15) is 11.1 Å². The van der Waals surface area contributed by atoms with Crippen LogP contribution < -0.4 is 4.90 Å². The SMILES string of the molecule is C=C1c2ccccc2N(C(=O)OC(C)(C)C)C1(CC#N)c1ccccc1. The summed E-state index contributed by atoms with van der Waals surface area (Å²) in [7, 11) is 0. The lowest BCUT2D eigenvalue weighted by molar-refractivity contribution is 0.0554. The molecule has 1 unspecified atom stereocenters. The number of benzene rings is 2. The molecule has 1 amide bonds. The fourth-order valence-electron chi connectivity index (χ4n) is 3.47. The summed E-state index contributed by atoms with van der Waals surface area (Å²) in [4.78, 5) is 14.8. The molecule has 0 saturated heterocycles. The van der Waals surface area contributed by atoms with E-state index < -0.39 is 17.2 Å². The third kappa shape index (κ3) is 2.76. The van der Waals surface area contributed by atoms with E-state index >= 15 is 0 Å². The Morgan fingerprint density at radius 2 is 1.77 bits per heavy atom. The van der Waals surface area contributed by atoms with Crippen LogP contribution in [0.3, 0.4) is 0 Å². The van der Waals surface area contributed by atoms with Crippen molar-refractivity contribution < 1.29 is 9.53 Å². The number of para-hydroxylation sites is 1. The van der Waals surface area contributed by atoms with Crippen LogP contribution in [-0.2, 0) is 10.3 Å². The van der Waals surface area contributed by atoms with Crippen LogP contribution in [0.2, 0.25) is 0 Å². The van der Waals surface area contributed by atoms with Gasteiger partial charge in [0.05, 0.1) is 18.2 Å². The Bertz CT molecular complexity index is 890. The van der Waals surface area contributed by atoms with Crippen molar-refractivity contribution in [1.29, 1.82) is 5.26 Å². The number of ether oxygens (including phenoxy) is 1. The molecule has 1 aliphatic heterocycles. The number of nitriles is 1. The Morgan fingerprint density at radius 3 is 2.38 bits per heavy atom. The van der Waals surface area contributed by atoms with Crippen LogP contribution in [0.1, 0.15) is 38.3 Å². The number of rotatable bonds is 2. The highest BCUT2D eigenvalue weighted by atomic mass is 16.6. The highest BCUT2D eigenvalue weighted by Gasteiger charge is 2.52. The quantitative estimate of drug-likeness (QED) is 0.745. The molecule has 0 bridgehead atoms. The first-order valence-corrected chi connectivity index (χ1v) is 8.56. The molecule has 0 fully saturated rings. The molecule has 4 heteroatoms. The number of hydrogen-bond acceptors (Lipinski definition) is 3. The second-order valence-electron chi connectivity index (χ2n) is 7.37. The van der Waals surface area contributed by atoms with Crippen LogP contribution >= 0.6 is 0 Å². The van der Waals surface area contributed by atoms with E-state index in [4.69, 9.17) is 4.74 Å². The predicted octanol–water partition coefficient (Wildman–Crippen LogP) is 5.26. The van der Waals surface area contributed by atoms with E-state index in [2.05, 4.69) is 12.6 Å². The molecule has 1 heterocycles. The molecule has 3 rings (SSSR count). The summed E-state index contributed by atoms with van der Waals surface area (Å²) in [5.41, 5.74) is 1.51. The van der Waals surface area contributed by atoms with Gasteiger partial charge in [0.25, 0.3) is 0 Å². The van der Waals surface area contributed by atoms with Crippen molar-refractivity contribution >= 4 is 17.4 Å². The summed E-state index contributed by atoms with van der Waals surface area (Å²) in [6, 6.07) is 19.4. The Morgan fingerprint density at radius 1 is 1.15 bits per heavy atom. The number of carbonyl (C=O) groups excluding carboxylic acids is 1. The van der Waals surface area contributed by atoms with Crippen LogP contribution in [0.5, 0.6) is 0 Å². The van der Waals surface area contributed by atoms with E-state index in [1.165, 1.54) is 0 Å². The Labute approximate surface area is 154 Å². The molecule has 1 aliphatic rings. The summed E-state index contributed by atoms with van der Waals surface area (Å²) >= 11 is 0. The zero-order valence-corrected chi connectivity index (χ0v) is 15.3. The Kier molecular flexibility index (Phi) is 4.33. The summed E-state index contributed by atoms with van der Waals surface area (Å²) in [5.74, 6) is 0. The molecule has 0 aliphatic carbocycles. The number of anilines is 1. The average Bonchev–Trinajstić information content (AvgIpc) is 2.85. The van der Waals surface area contributed by atoms with Crippen LogP contribution in [0, 0.1) is 11.3 Å². The lowest BCUT2D eigenvalue weighted by Gasteiger charge is -2.39. The normalized spacial score (nSPS) is 19.0. The smallest absolute Gasteiger partial charge is 0.415 e. The molecule has 4 nitrogen and oxygen atoms in total. The molecule has 132 valence electrons. The van der Waals surface area contributed by atoms with Crippen LogP contribution in [-0.4, -0.2) is 11.7 Å². The molecule has 0 N–H and O–H groups in total. The van der Waals surface area contributed by atoms with Gasteiger partial charge in [-0.3, -0.25) is 4.90 Å². The van der Waals surface area contributed by atoms with Gasteiger partial charge in [-0.15, -0.1) is 0 Å². The maximum atomic E-state index is 13.2. The van der Waals surface area contributed by atoms with Crippen molar-refractivity contribution in [2.45, 2.75) is 38.3 Å². The average molecular weight is 346 g/mol. The second kappa shape index (κ2) is 6.34. The van der Waals surface area contributed by atoms with Crippen molar-refractivity contribution in [3.63, 3.8) is 0 Å². The lowest BCUT2D eigenvalue weighted by atomic mass is 9.80. The minimum absolute atomic E-state index is 0.0871. The first kappa shape index (κ1) is 17.8. The molecule has 0 saturated carbocycles. The third-order valence-corrected chi connectivity index (χ3v) is 4.51. The summed E-state index contributed by atoms with van der Waals surface area (Å²) in [5, 5.41) is 9.61. The summed E-state index contributed by atoms with van der Waals surface area (Å²) in [6.07, 6.45) is -0.397. The van der Waals surface area contributed by atoms with Gasteiger partial charge in [-0.1, -0.05) is 55.1 Å². The van der Waals surface area contributed by atoms with Crippen molar-refractivity contribution in [3.8, 4) is 6.07 Å². The molecule has 2 aromatic carbocycles. The molecule has 2 aromatic rings. The largest absolute Gasteiger partial charge is 0.443 e. The fourth-order valence-corrected chi connectivity index (χ4v) is 3.47. The van der Waals surface area contributed by atoms with E-state index in [0.717, 1.165) is 16.7 Å². The minimum atomic E-state index is -0.984. The van der Waals surface area contributed by atoms with E-state index in [0.29, 0.717) is 5.69 Å². The van der Waals surface area contributed by atoms with Crippen LogP contribution in [0.4, 0.5) is 10.5 Å². The number of nitrogens with zero attached hydrogens (tertiary/aromatic N) is 2. The van der Waals surface area contributed by atoms with Gasteiger partial charge in [-0.25, -0.2) is 4.79 Å². The van der Waals surface area contributed by atoms with E-state index in [1.54, 1.807) is 4.90 Å². The maximum absolute atomic E-state index is 13.2. The van der Waals surface area contributed by atoms with Crippen molar-refractivity contribution in [1.82, 2.24) is 0 Å². The summed E-state index contributed by atoms with van der Waals surface area (Å²) < 4.78 is 5.69. The van der Waals surface area contributed by atoms with Crippen molar-refractivity contribution in [3.05, 3.63) is 72.3 Å². The van der Waals surface area contributed by atoms with Gasteiger partial charge < -0.3 is 4.74 Å². The van der Waals surface area contributed by atoms with Crippen LogP contribution in [0.25, 0.3) is 5.57 Å². The first-order valence-electron chi connectivity index (χ1n) is 8.56. The van der Waals surface area contributed by atoms with Crippen LogP contribution in [0.15, 0.2) is 61.2 Å². The van der Waals surface area contributed by atoms with Gasteiger partial charge in [0.15, 0.2) is 0 Å². The van der Waals surface area contributed by atoms with Crippen molar-refractivity contribution in [2.75, 3.05) is 4.90 Å². The zero-order chi connectivity index (χ0) is 18.9. The molecule has 26 heavy (non-hydrogen) atoms. The fraction of sp³-hybridized carbons (Fsp3) is 0.273. The highest BCUT2D eigenvalue weighted by Crippen LogP contribution is 2.54. The van der Waals surface area contributed by atoms with Crippen molar-refractivity contribution in [2.24, 2.45) is 0 Å². The van der Waals surface area contributed by atoms with E-state index in [9.17, 15) is 10.1 Å². The lowest BCUT2D eigenvalue weighted by Crippen LogP contribution is -2.49. The standard InChI is InChI=1S/C22H22N2O2/c1-16-18-12-8-9-13-19(18)24(20(25)26-21(2,3)4)22(16,14-15-23)17-10-6-5-7-11-17/h5-13H,1,14H2,2-4H3. The van der Waals surface area contributed by atoms with Gasteiger partial charge in [-0.05, 0) is 38.0 Å². The van der Waals surface area contributed by atoms with Gasteiger partial charge >= 0.3 is 6.09 Å². The third-order valence-electron chi connectivity index (χ3n) is 4.51. The second-order valence-corrected chi connectivity index (χ2v) is 7.37. The van der Waals surface area contributed by atoms with E-state index in [-0.39, 0.29) is 6.42 Å². The van der Waals surface area contributed by atoms with Gasteiger partial charge in [0.2, 0.25) is 0 Å². The molecule has 0 spiro atoms. The Hall–Kier alpha value is -3.06. The van der Waals surface area contributed by atoms with E-state index in [1.807, 2.05) is 75.4 Å². The molecular formula is C22H22N2O2. The minimum Gasteiger partial charge on any atom is -0.443 e. The number of carbonyl (C=O) groups is 1. The number of hydrogen-bond donors (Lipinski definition) is 0. The monoisotopic (exact) mass is 346 g/mol. The molecule has 0 radical (unpaired) electrons. The molecule has 0 aromatic heterocycles.